The molecule has 1 aliphatic carbocycles. The Morgan fingerprint density at radius 3 is 2.75 bits per heavy atom. The molecule has 1 aromatic rings. The Hall–Kier alpha value is -1.12. The predicted molar refractivity (Wildman–Crippen MR) is 66.4 cm³/mol. The van der Waals surface area contributed by atoms with Crippen LogP contribution in [-0.4, -0.2) is 9.97 Å². The van der Waals surface area contributed by atoms with Gasteiger partial charge < -0.3 is 5.73 Å². The Balaban J connectivity index is 2.49. The van der Waals surface area contributed by atoms with Gasteiger partial charge in [0.25, 0.3) is 0 Å². The highest BCUT2D eigenvalue weighted by Crippen LogP contribution is 2.38. The monoisotopic (exact) mass is 219 g/mol. The van der Waals surface area contributed by atoms with E-state index in [1.165, 1.54) is 24.1 Å². The summed E-state index contributed by atoms with van der Waals surface area (Å²) in [7, 11) is 0. The smallest absolute Gasteiger partial charge is 0.131 e. The van der Waals surface area contributed by atoms with E-state index in [-0.39, 0.29) is 5.41 Å². The van der Waals surface area contributed by atoms with Crippen molar-refractivity contribution in [1.82, 2.24) is 9.97 Å². The van der Waals surface area contributed by atoms with Crippen molar-refractivity contribution in [3.63, 3.8) is 0 Å². The molecule has 2 rings (SSSR count). The molecule has 0 unspecified atom stereocenters. The number of rotatable bonds is 2. The normalized spacial score (nSPS) is 18.2. The minimum Gasteiger partial charge on any atom is -0.383 e. The molecule has 0 atom stereocenters. The number of aryl methyl sites for hydroxylation is 2. The fraction of sp³-hybridized carbons (Fsp3) is 0.692. The highest BCUT2D eigenvalue weighted by Gasteiger charge is 2.31. The number of fused-ring (bicyclic) bond motifs is 1. The lowest BCUT2D eigenvalue weighted by atomic mass is 9.74. The van der Waals surface area contributed by atoms with Crippen LogP contribution in [0.2, 0.25) is 0 Å². The Kier molecular flexibility index (Phi) is 2.87. The summed E-state index contributed by atoms with van der Waals surface area (Å²) in [6.07, 6.45) is 5.45. The maximum atomic E-state index is 6.10. The van der Waals surface area contributed by atoms with E-state index >= 15 is 0 Å². The van der Waals surface area contributed by atoms with Gasteiger partial charge in [-0.05, 0) is 31.1 Å². The van der Waals surface area contributed by atoms with Crippen LogP contribution in [0, 0.1) is 0 Å². The minimum atomic E-state index is 0.141. The van der Waals surface area contributed by atoms with E-state index in [0.29, 0.717) is 5.82 Å². The van der Waals surface area contributed by atoms with Crippen molar-refractivity contribution >= 4 is 5.82 Å². The van der Waals surface area contributed by atoms with Crippen LogP contribution in [0.5, 0.6) is 0 Å². The molecule has 0 aromatic carbocycles. The molecule has 1 heterocycles. The highest BCUT2D eigenvalue weighted by atomic mass is 15.0. The number of anilines is 1. The zero-order chi connectivity index (χ0) is 11.8. The number of hydrogen-bond donors (Lipinski definition) is 1. The first-order valence-electron chi connectivity index (χ1n) is 6.20. The maximum absolute atomic E-state index is 6.10. The van der Waals surface area contributed by atoms with Crippen molar-refractivity contribution in [2.24, 2.45) is 0 Å². The topological polar surface area (TPSA) is 51.8 Å². The minimum absolute atomic E-state index is 0.141. The van der Waals surface area contributed by atoms with Gasteiger partial charge >= 0.3 is 0 Å². The average molecular weight is 219 g/mol. The van der Waals surface area contributed by atoms with Gasteiger partial charge in [0.15, 0.2) is 0 Å². The van der Waals surface area contributed by atoms with E-state index in [0.717, 1.165) is 25.1 Å². The van der Waals surface area contributed by atoms with Gasteiger partial charge in [0.1, 0.15) is 11.6 Å². The Labute approximate surface area is 97.5 Å². The van der Waals surface area contributed by atoms with Crippen molar-refractivity contribution in [3.05, 3.63) is 17.1 Å². The third-order valence-electron chi connectivity index (χ3n) is 3.42. The first-order chi connectivity index (χ1) is 7.54. The van der Waals surface area contributed by atoms with E-state index in [4.69, 9.17) is 5.73 Å². The number of aromatic nitrogens is 2. The molecule has 88 valence electrons. The molecule has 3 nitrogen and oxygen atoms in total. The third-order valence-corrected chi connectivity index (χ3v) is 3.42. The SMILES string of the molecule is CCCc1nc(N)c2c(n1)CCCC2(C)C. The van der Waals surface area contributed by atoms with E-state index < -0.39 is 0 Å². The average Bonchev–Trinajstić information content (AvgIpc) is 2.15. The molecule has 16 heavy (non-hydrogen) atoms. The molecule has 3 heteroatoms. The summed E-state index contributed by atoms with van der Waals surface area (Å²) < 4.78 is 0. The van der Waals surface area contributed by atoms with Crippen LogP contribution >= 0.6 is 0 Å². The summed E-state index contributed by atoms with van der Waals surface area (Å²) >= 11 is 0. The molecule has 1 aromatic heterocycles. The zero-order valence-corrected chi connectivity index (χ0v) is 10.5. The second-order valence-corrected chi connectivity index (χ2v) is 5.33. The molecule has 0 amide bonds. The molecule has 1 aliphatic rings. The first-order valence-corrected chi connectivity index (χ1v) is 6.20. The van der Waals surface area contributed by atoms with E-state index in [1.807, 2.05) is 0 Å². The summed E-state index contributed by atoms with van der Waals surface area (Å²) in [4.78, 5) is 9.11. The predicted octanol–water partition coefficient (Wildman–Crippen LogP) is 2.63. The summed E-state index contributed by atoms with van der Waals surface area (Å²) in [5.74, 6) is 1.62. The lowest BCUT2D eigenvalue weighted by Gasteiger charge is -2.32. The maximum Gasteiger partial charge on any atom is 0.131 e. The van der Waals surface area contributed by atoms with Gasteiger partial charge in [-0.25, -0.2) is 9.97 Å². The summed E-state index contributed by atoms with van der Waals surface area (Å²) in [5.41, 5.74) is 8.62. The number of nitrogens with two attached hydrogens (primary N) is 1. The highest BCUT2D eigenvalue weighted by molar-refractivity contribution is 5.48. The summed E-state index contributed by atoms with van der Waals surface area (Å²) in [6.45, 7) is 6.62. The fourth-order valence-electron chi connectivity index (χ4n) is 2.66. The van der Waals surface area contributed by atoms with Crippen molar-refractivity contribution < 1.29 is 0 Å². The standard InChI is InChI=1S/C13H21N3/c1-4-6-10-15-9-7-5-8-13(2,3)11(9)12(14)16-10/h4-8H2,1-3H3,(H2,14,15,16). The lowest BCUT2D eigenvalue weighted by molar-refractivity contribution is 0.425. The molecule has 0 aliphatic heterocycles. The molecule has 0 spiro atoms. The van der Waals surface area contributed by atoms with Gasteiger partial charge in [0, 0.05) is 17.7 Å². The molecular formula is C13H21N3. The zero-order valence-electron chi connectivity index (χ0n) is 10.5. The van der Waals surface area contributed by atoms with Crippen molar-refractivity contribution in [2.75, 3.05) is 5.73 Å². The van der Waals surface area contributed by atoms with Crippen LogP contribution in [0.15, 0.2) is 0 Å². The van der Waals surface area contributed by atoms with Crippen LogP contribution in [0.1, 0.15) is 57.1 Å². The Morgan fingerprint density at radius 1 is 1.31 bits per heavy atom. The Morgan fingerprint density at radius 2 is 2.06 bits per heavy atom. The molecule has 0 bridgehead atoms. The molecule has 0 fully saturated rings. The van der Waals surface area contributed by atoms with Crippen LogP contribution in [0.25, 0.3) is 0 Å². The van der Waals surface area contributed by atoms with Gasteiger partial charge in [-0.2, -0.15) is 0 Å². The quantitative estimate of drug-likeness (QED) is 0.832. The first kappa shape index (κ1) is 11.4. The van der Waals surface area contributed by atoms with Crippen LogP contribution < -0.4 is 5.73 Å². The largest absolute Gasteiger partial charge is 0.383 e. The second-order valence-electron chi connectivity index (χ2n) is 5.33. The van der Waals surface area contributed by atoms with Crippen LogP contribution in [0.3, 0.4) is 0 Å². The van der Waals surface area contributed by atoms with E-state index in [1.54, 1.807) is 0 Å². The van der Waals surface area contributed by atoms with E-state index in [9.17, 15) is 0 Å². The molecule has 0 radical (unpaired) electrons. The van der Waals surface area contributed by atoms with Gasteiger partial charge in [-0.3, -0.25) is 0 Å². The fourth-order valence-corrected chi connectivity index (χ4v) is 2.66. The second kappa shape index (κ2) is 4.04. The summed E-state index contributed by atoms with van der Waals surface area (Å²) in [6, 6.07) is 0. The van der Waals surface area contributed by atoms with Gasteiger partial charge in [-0.15, -0.1) is 0 Å². The van der Waals surface area contributed by atoms with Gasteiger partial charge in [-0.1, -0.05) is 20.8 Å². The number of nitrogens with zero attached hydrogens (tertiary/aromatic N) is 2. The van der Waals surface area contributed by atoms with Crippen molar-refractivity contribution in [1.29, 1.82) is 0 Å². The van der Waals surface area contributed by atoms with Crippen LogP contribution in [-0.2, 0) is 18.3 Å². The molecule has 2 N–H and O–H groups in total. The number of hydrogen-bond acceptors (Lipinski definition) is 3. The van der Waals surface area contributed by atoms with E-state index in [2.05, 4.69) is 30.7 Å². The summed E-state index contributed by atoms with van der Waals surface area (Å²) in [5, 5.41) is 0. The van der Waals surface area contributed by atoms with Crippen LogP contribution in [0.4, 0.5) is 5.82 Å². The number of nitrogen functional groups attached to an aromatic ring is 1. The molecular weight excluding hydrogens is 198 g/mol. The van der Waals surface area contributed by atoms with Crippen molar-refractivity contribution in [3.8, 4) is 0 Å². The Bertz CT molecular complexity index is 396. The van der Waals surface area contributed by atoms with Crippen molar-refractivity contribution in [2.45, 2.75) is 58.3 Å². The molecule has 0 saturated carbocycles. The van der Waals surface area contributed by atoms with Gasteiger partial charge in [0.2, 0.25) is 0 Å². The van der Waals surface area contributed by atoms with Gasteiger partial charge in [0.05, 0.1) is 0 Å². The lowest BCUT2D eigenvalue weighted by Crippen LogP contribution is -2.27. The molecule has 0 saturated heterocycles. The third kappa shape index (κ3) is 1.91.